The van der Waals surface area contributed by atoms with Crippen LogP contribution < -0.4 is 14.2 Å². The van der Waals surface area contributed by atoms with Gasteiger partial charge in [-0.15, -0.1) is 0 Å². The van der Waals surface area contributed by atoms with Crippen molar-refractivity contribution < 1.29 is 14.2 Å². The molecule has 4 rings (SSSR count). The van der Waals surface area contributed by atoms with E-state index in [4.69, 9.17) is 24.2 Å². The van der Waals surface area contributed by atoms with E-state index in [0.717, 1.165) is 45.3 Å². The highest BCUT2D eigenvalue weighted by Gasteiger charge is 2.06. The summed E-state index contributed by atoms with van der Waals surface area (Å²) in [6.07, 6.45) is 13.2. The Morgan fingerprint density at radius 1 is 0.500 bits per heavy atom. The highest BCUT2D eigenvalue weighted by molar-refractivity contribution is 5.74. The van der Waals surface area contributed by atoms with Crippen LogP contribution in [0.1, 0.15) is 22.5 Å². The monoisotopic (exact) mass is 528 g/mol. The Hall–Kier alpha value is -5.16. The summed E-state index contributed by atoms with van der Waals surface area (Å²) in [5, 5.41) is 0. The molecule has 0 N–H and O–H groups in total. The van der Waals surface area contributed by atoms with Gasteiger partial charge in [-0.05, 0) is 77.9 Å². The van der Waals surface area contributed by atoms with Gasteiger partial charge in [0.25, 0.3) is 0 Å². The molecule has 0 saturated carbocycles. The molecule has 3 aromatic carbocycles. The zero-order chi connectivity index (χ0) is 28.0. The van der Waals surface area contributed by atoms with Gasteiger partial charge in [0.15, 0.2) is 5.82 Å². The average molecular weight is 529 g/mol. The van der Waals surface area contributed by atoms with Crippen LogP contribution in [0.2, 0.25) is 0 Å². The Bertz CT molecular complexity index is 1390. The largest absolute Gasteiger partial charge is 0.490 e. The SMILES string of the molecule is C=CCOc1ccc(/C=C/c2cc(/C=C/c3ccc(OCC=C)cc3)nc(-c3ccc(OCC=C)cc3)n2)cc1. The van der Waals surface area contributed by atoms with E-state index in [1.165, 1.54) is 0 Å². The smallest absolute Gasteiger partial charge is 0.160 e. The van der Waals surface area contributed by atoms with Crippen LogP contribution >= 0.6 is 0 Å². The fourth-order valence-electron chi connectivity index (χ4n) is 3.66. The minimum atomic E-state index is 0.452. The van der Waals surface area contributed by atoms with Crippen LogP contribution in [0.5, 0.6) is 17.2 Å². The standard InChI is InChI=1S/C35H32N2O3/c1-4-23-38-32-17-9-27(10-18-32)7-15-30-26-31(16-8-28-11-19-33(20-12-28)39-24-5-2)37-35(36-30)29-13-21-34(22-14-29)40-25-6-3/h4-22,26H,1-3,23-25H2/b15-7+,16-8+. The number of benzene rings is 3. The molecule has 200 valence electrons. The second kappa shape index (κ2) is 14.7. The third-order valence-corrected chi connectivity index (χ3v) is 5.64. The van der Waals surface area contributed by atoms with Crippen LogP contribution in [0.15, 0.2) is 117 Å². The van der Waals surface area contributed by atoms with Crippen LogP contribution in [-0.4, -0.2) is 29.8 Å². The molecule has 4 aromatic rings. The van der Waals surface area contributed by atoms with Crippen LogP contribution in [0, 0.1) is 0 Å². The summed E-state index contributed by atoms with van der Waals surface area (Å²) in [7, 11) is 0. The molecule has 0 saturated heterocycles. The lowest BCUT2D eigenvalue weighted by atomic mass is 10.1. The molecule has 0 spiro atoms. The molecular formula is C35H32N2O3. The van der Waals surface area contributed by atoms with Crippen LogP contribution in [0.4, 0.5) is 0 Å². The lowest BCUT2D eigenvalue weighted by Crippen LogP contribution is -1.96. The molecule has 0 aliphatic heterocycles. The Morgan fingerprint density at radius 2 is 0.875 bits per heavy atom. The average Bonchev–Trinajstić information content (AvgIpc) is 3.01. The van der Waals surface area contributed by atoms with Gasteiger partial charge in [0.2, 0.25) is 0 Å². The van der Waals surface area contributed by atoms with Crippen molar-refractivity contribution >= 4 is 24.3 Å². The molecule has 0 amide bonds. The first-order valence-corrected chi connectivity index (χ1v) is 12.9. The Balaban J connectivity index is 1.60. The molecule has 1 aromatic heterocycles. The lowest BCUT2D eigenvalue weighted by molar-refractivity contribution is 0.363. The first-order chi connectivity index (χ1) is 19.7. The van der Waals surface area contributed by atoms with Gasteiger partial charge in [0.1, 0.15) is 37.1 Å². The third kappa shape index (κ3) is 8.43. The van der Waals surface area contributed by atoms with E-state index in [1.807, 2.05) is 103 Å². The zero-order valence-electron chi connectivity index (χ0n) is 22.4. The van der Waals surface area contributed by atoms with E-state index in [9.17, 15) is 0 Å². The second-order valence-corrected chi connectivity index (χ2v) is 8.67. The number of nitrogens with zero attached hydrogens (tertiary/aromatic N) is 2. The van der Waals surface area contributed by atoms with Crippen LogP contribution in [0.25, 0.3) is 35.7 Å². The van der Waals surface area contributed by atoms with E-state index < -0.39 is 0 Å². The van der Waals surface area contributed by atoms with Gasteiger partial charge in [0, 0.05) is 5.56 Å². The van der Waals surface area contributed by atoms with Gasteiger partial charge in [-0.1, -0.05) is 74.4 Å². The van der Waals surface area contributed by atoms with Crippen molar-refractivity contribution in [1.29, 1.82) is 0 Å². The number of hydrogen-bond acceptors (Lipinski definition) is 5. The minimum absolute atomic E-state index is 0.452. The third-order valence-electron chi connectivity index (χ3n) is 5.64. The molecule has 5 nitrogen and oxygen atoms in total. The molecule has 0 bridgehead atoms. The maximum Gasteiger partial charge on any atom is 0.160 e. The van der Waals surface area contributed by atoms with Gasteiger partial charge in [-0.3, -0.25) is 0 Å². The summed E-state index contributed by atoms with van der Waals surface area (Å²) in [5.74, 6) is 2.99. The predicted octanol–water partition coefficient (Wildman–Crippen LogP) is 8.18. The number of ether oxygens (including phenoxy) is 3. The lowest BCUT2D eigenvalue weighted by Gasteiger charge is -2.07. The van der Waals surface area contributed by atoms with Crippen LogP contribution in [-0.2, 0) is 0 Å². The van der Waals surface area contributed by atoms with Gasteiger partial charge in [-0.25, -0.2) is 9.97 Å². The summed E-state index contributed by atoms with van der Waals surface area (Å²) in [5.41, 5.74) is 4.54. The Labute approximate surface area is 236 Å². The van der Waals surface area contributed by atoms with Gasteiger partial charge < -0.3 is 14.2 Å². The van der Waals surface area contributed by atoms with Gasteiger partial charge in [0.05, 0.1) is 11.4 Å². The fraction of sp³-hybridized carbons (Fsp3) is 0.0857. The summed E-state index contributed by atoms with van der Waals surface area (Å²) in [6.45, 7) is 12.5. The Morgan fingerprint density at radius 3 is 1.25 bits per heavy atom. The minimum Gasteiger partial charge on any atom is -0.490 e. The van der Waals surface area contributed by atoms with Crippen molar-refractivity contribution in [3.8, 4) is 28.6 Å². The molecule has 0 radical (unpaired) electrons. The zero-order valence-corrected chi connectivity index (χ0v) is 22.4. The number of aromatic nitrogens is 2. The summed E-state index contributed by atoms with van der Waals surface area (Å²) >= 11 is 0. The molecule has 40 heavy (non-hydrogen) atoms. The van der Waals surface area contributed by atoms with Crippen molar-refractivity contribution in [1.82, 2.24) is 9.97 Å². The number of hydrogen-bond donors (Lipinski definition) is 0. The molecule has 0 atom stereocenters. The number of rotatable bonds is 14. The van der Waals surface area contributed by atoms with Gasteiger partial charge in [-0.2, -0.15) is 0 Å². The van der Waals surface area contributed by atoms with E-state index in [-0.39, 0.29) is 0 Å². The van der Waals surface area contributed by atoms with Gasteiger partial charge >= 0.3 is 0 Å². The summed E-state index contributed by atoms with van der Waals surface area (Å²) in [6, 6.07) is 25.4. The van der Waals surface area contributed by atoms with E-state index in [1.54, 1.807) is 18.2 Å². The molecule has 1 heterocycles. The van der Waals surface area contributed by atoms with Crippen molar-refractivity contribution in [3.63, 3.8) is 0 Å². The topological polar surface area (TPSA) is 53.5 Å². The summed E-state index contributed by atoms with van der Waals surface area (Å²) in [4.78, 5) is 9.63. The highest BCUT2D eigenvalue weighted by atomic mass is 16.5. The second-order valence-electron chi connectivity index (χ2n) is 8.67. The highest BCUT2D eigenvalue weighted by Crippen LogP contribution is 2.22. The van der Waals surface area contributed by atoms with Crippen molar-refractivity contribution in [2.24, 2.45) is 0 Å². The summed E-state index contributed by atoms with van der Waals surface area (Å²) < 4.78 is 16.8. The molecule has 0 aliphatic rings. The van der Waals surface area contributed by atoms with E-state index >= 15 is 0 Å². The first kappa shape index (κ1) is 27.9. The van der Waals surface area contributed by atoms with Crippen molar-refractivity contribution in [3.05, 3.63) is 139 Å². The van der Waals surface area contributed by atoms with Crippen molar-refractivity contribution in [2.75, 3.05) is 19.8 Å². The predicted molar refractivity (Wildman–Crippen MR) is 165 cm³/mol. The molecule has 0 fully saturated rings. The molecule has 0 unspecified atom stereocenters. The molecule has 5 heteroatoms. The normalized spacial score (nSPS) is 10.9. The Kier molecular flexibility index (Phi) is 10.2. The molecule has 0 aliphatic carbocycles. The van der Waals surface area contributed by atoms with Crippen LogP contribution in [0.3, 0.4) is 0 Å². The quantitative estimate of drug-likeness (QED) is 0.155. The maximum atomic E-state index is 5.62. The van der Waals surface area contributed by atoms with E-state index in [2.05, 4.69) is 19.7 Å². The maximum absolute atomic E-state index is 5.62. The first-order valence-electron chi connectivity index (χ1n) is 12.9. The fourth-order valence-corrected chi connectivity index (χ4v) is 3.66. The molecular weight excluding hydrogens is 496 g/mol. The van der Waals surface area contributed by atoms with Crippen molar-refractivity contribution in [2.45, 2.75) is 0 Å². The van der Waals surface area contributed by atoms with E-state index in [0.29, 0.717) is 25.6 Å².